The van der Waals surface area contributed by atoms with Gasteiger partial charge in [0.25, 0.3) is 0 Å². The van der Waals surface area contributed by atoms with Crippen molar-refractivity contribution in [2.45, 2.75) is 39.3 Å². The van der Waals surface area contributed by atoms with Crippen LogP contribution in [0.3, 0.4) is 0 Å². The van der Waals surface area contributed by atoms with Crippen molar-refractivity contribution in [1.29, 1.82) is 0 Å². The molecule has 0 bridgehead atoms. The maximum absolute atomic E-state index is 2.31. The van der Waals surface area contributed by atoms with Crippen LogP contribution in [0.2, 0.25) is 13.1 Å². The number of hydrogen-bond donors (Lipinski definition) is 0. The van der Waals surface area contributed by atoms with Crippen LogP contribution in [0.15, 0.2) is 24.3 Å². The molecule has 0 aliphatic rings. The first-order valence-corrected chi connectivity index (χ1v) is 10.8. The Balaban J connectivity index is 0.000000310. The van der Waals surface area contributed by atoms with Crippen molar-refractivity contribution in [3.8, 4) is 0 Å². The third-order valence-electron chi connectivity index (χ3n) is 1.53. The van der Waals surface area contributed by atoms with E-state index in [0.717, 1.165) is 0 Å². The van der Waals surface area contributed by atoms with E-state index in [-0.39, 0.29) is 5.43 Å². The first kappa shape index (κ1) is 13.4. The molecule has 1 rings (SSSR count). The van der Waals surface area contributed by atoms with Crippen LogP contribution in [-0.4, -0.2) is 5.43 Å². The number of hydrogen-bond acceptors (Lipinski definition) is 0. The van der Waals surface area contributed by atoms with Gasteiger partial charge in [-0.1, -0.05) is 26.2 Å². The first-order chi connectivity index (χ1) is 5.84. The van der Waals surface area contributed by atoms with Gasteiger partial charge in [-0.05, 0) is 0 Å². The van der Waals surface area contributed by atoms with E-state index >= 15 is 0 Å². The van der Waals surface area contributed by atoms with Crippen LogP contribution in [0, 0.1) is 0 Å². The van der Waals surface area contributed by atoms with E-state index in [0.29, 0.717) is 5.41 Å². The standard InChI is InChI=1S/C9H13.C2H6Si.Zr/c1-9(2,3)8-6-4-5-7-8;1-3-2;/h4-7H,1-3H3;1-2H3;/q-1;;. The van der Waals surface area contributed by atoms with Gasteiger partial charge >= 0.3 is 41.9 Å². The molecule has 0 saturated carbocycles. The Morgan fingerprint density at radius 1 is 1.31 bits per heavy atom. The Bertz CT molecular complexity index is 238. The van der Waals surface area contributed by atoms with Gasteiger partial charge in [-0.2, -0.15) is 23.8 Å². The fourth-order valence-electron chi connectivity index (χ4n) is 0.874. The summed E-state index contributed by atoms with van der Waals surface area (Å²) in [5, 5.41) is 0. The summed E-state index contributed by atoms with van der Waals surface area (Å²) < 4.78 is 0. The molecule has 13 heavy (non-hydrogen) atoms. The summed E-state index contributed by atoms with van der Waals surface area (Å²) in [5.41, 5.74) is 1.95. The fraction of sp³-hybridized carbons (Fsp3) is 0.545. The monoisotopic (exact) mass is 269 g/mol. The van der Waals surface area contributed by atoms with Crippen molar-refractivity contribution in [2.75, 3.05) is 0 Å². The second-order valence-corrected chi connectivity index (χ2v) is 13.8. The summed E-state index contributed by atoms with van der Waals surface area (Å²) in [5.74, 6) is 0. The molecule has 0 saturated heterocycles. The molecular formula is C11H19SiZr-. The molecule has 0 amide bonds. The molecule has 0 radical (unpaired) electrons. The zero-order valence-electron chi connectivity index (χ0n) is 9.31. The molecule has 72 valence electrons. The van der Waals surface area contributed by atoms with Gasteiger partial charge in [0.15, 0.2) is 0 Å². The van der Waals surface area contributed by atoms with Gasteiger partial charge in [0.05, 0.1) is 0 Å². The average Bonchev–Trinajstić information content (AvgIpc) is 2.31. The van der Waals surface area contributed by atoms with Crippen LogP contribution in [0.1, 0.15) is 26.3 Å². The van der Waals surface area contributed by atoms with Gasteiger partial charge in [-0.25, -0.2) is 6.07 Å². The maximum atomic E-state index is 2.31. The van der Waals surface area contributed by atoms with E-state index in [1.165, 1.54) is 5.56 Å². The molecule has 1 aromatic rings. The minimum atomic E-state index is 0.210. The molecule has 0 aliphatic carbocycles. The Hall–Kier alpha value is 0.450. The summed E-state index contributed by atoms with van der Waals surface area (Å²) in [6.07, 6.45) is 0. The summed E-state index contributed by atoms with van der Waals surface area (Å²) >= 11 is 1.74. The predicted octanol–water partition coefficient (Wildman–Crippen LogP) is 3.49. The first-order valence-electron chi connectivity index (χ1n) is 4.58. The van der Waals surface area contributed by atoms with Crippen LogP contribution in [0.25, 0.3) is 0 Å². The molecule has 0 N–H and O–H groups in total. The van der Waals surface area contributed by atoms with E-state index in [1.807, 2.05) is 0 Å². The fourth-order valence-corrected chi connectivity index (χ4v) is 0.874. The molecule has 0 atom stereocenters. The van der Waals surface area contributed by atoms with E-state index in [2.05, 4.69) is 58.1 Å². The Labute approximate surface area is 97.5 Å². The molecule has 0 heterocycles. The van der Waals surface area contributed by atoms with E-state index < -0.39 is 0 Å². The van der Waals surface area contributed by atoms with Crippen LogP contribution in [0.4, 0.5) is 0 Å². The van der Waals surface area contributed by atoms with E-state index in [9.17, 15) is 0 Å². The average molecular weight is 271 g/mol. The molecule has 0 unspecified atom stereocenters. The molecule has 1 aromatic carbocycles. The summed E-state index contributed by atoms with van der Waals surface area (Å²) in [6, 6.07) is 8.50. The van der Waals surface area contributed by atoms with Crippen molar-refractivity contribution >= 4 is 5.43 Å². The third kappa shape index (κ3) is 7.52. The Morgan fingerprint density at radius 3 is 1.92 bits per heavy atom. The summed E-state index contributed by atoms with van der Waals surface area (Å²) in [7, 11) is 0. The topological polar surface area (TPSA) is 0 Å². The van der Waals surface area contributed by atoms with Crippen LogP contribution >= 0.6 is 0 Å². The van der Waals surface area contributed by atoms with Gasteiger partial charge in [-0.15, -0.1) is 0 Å². The minimum absolute atomic E-state index is 0.210. The van der Waals surface area contributed by atoms with Gasteiger partial charge < -0.3 is 0 Å². The van der Waals surface area contributed by atoms with Gasteiger partial charge in [0.1, 0.15) is 0 Å². The van der Waals surface area contributed by atoms with Crippen LogP contribution < -0.4 is 0 Å². The molecule has 0 fully saturated rings. The molecule has 0 aliphatic heterocycles. The Morgan fingerprint density at radius 2 is 1.77 bits per heavy atom. The van der Waals surface area contributed by atoms with Gasteiger partial charge in [0.2, 0.25) is 0 Å². The van der Waals surface area contributed by atoms with Crippen molar-refractivity contribution in [3.63, 3.8) is 0 Å². The normalized spacial score (nSPS) is 10.2. The quantitative estimate of drug-likeness (QED) is 0.500. The summed E-state index contributed by atoms with van der Waals surface area (Å²) in [6.45, 7) is 11.3. The summed E-state index contributed by atoms with van der Waals surface area (Å²) in [4.78, 5) is 0. The van der Waals surface area contributed by atoms with Crippen LogP contribution in [0.5, 0.6) is 0 Å². The van der Waals surface area contributed by atoms with Crippen molar-refractivity contribution in [2.24, 2.45) is 0 Å². The van der Waals surface area contributed by atoms with Crippen LogP contribution in [-0.2, 0) is 28.8 Å². The van der Waals surface area contributed by atoms with Gasteiger partial charge in [0, 0.05) is 0 Å². The van der Waals surface area contributed by atoms with E-state index in [4.69, 9.17) is 0 Å². The zero-order valence-corrected chi connectivity index (χ0v) is 12.8. The SMILES string of the molecule is CC(C)(C)c1cc[cH-]c1.C[Si](C)=[Zr]. The third-order valence-corrected chi connectivity index (χ3v) is 1.53. The number of rotatable bonds is 0. The molecular weight excluding hydrogens is 251 g/mol. The molecule has 0 aromatic heterocycles. The molecule has 0 spiro atoms. The second-order valence-electron chi connectivity index (χ2n) is 4.42. The van der Waals surface area contributed by atoms with E-state index in [1.54, 1.807) is 23.3 Å². The van der Waals surface area contributed by atoms with Crippen molar-refractivity contribution in [3.05, 3.63) is 29.8 Å². The van der Waals surface area contributed by atoms with Gasteiger partial charge in [-0.3, -0.25) is 0 Å². The molecule has 0 nitrogen and oxygen atoms in total. The Kier molecular flexibility index (Phi) is 6.24. The zero-order chi connectivity index (χ0) is 10.5. The second kappa shape index (κ2) is 6.03. The van der Waals surface area contributed by atoms with Crippen molar-refractivity contribution in [1.82, 2.24) is 0 Å². The van der Waals surface area contributed by atoms with Crippen molar-refractivity contribution < 1.29 is 23.3 Å². The molecule has 2 heteroatoms. The predicted molar refractivity (Wildman–Crippen MR) is 58.2 cm³/mol.